The summed E-state index contributed by atoms with van der Waals surface area (Å²) in [6.07, 6.45) is 7.44. The number of esters is 1. The molecule has 148 valence electrons. The van der Waals surface area contributed by atoms with E-state index in [1.165, 1.54) is 21.3 Å². The van der Waals surface area contributed by atoms with Gasteiger partial charge in [-0.05, 0) is 47.5 Å². The van der Waals surface area contributed by atoms with Gasteiger partial charge in [0.2, 0.25) is 5.75 Å². The van der Waals surface area contributed by atoms with Crippen molar-refractivity contribution in [3.63, 3.8) is 0 Å². The predicted octanol–water partition coefficient (Wildman–Crippen LogP) is 4.50. The first-order chi connectivity index (χ1) is 14.1. The fraction of sp³-hybridized carbons (Fsp3) is 0.130. The Morgan fingerprint density at radius 2 is 1.34 bits per heavy atom. The zero-order valence-electron chi connectivity index (χ0n) is 16.4. The average Bonchev–Trinajstić information content (AvgIpc) is 2.78. The molecule has 0 saturated heterocycles. The summed E-state index contributed by atoms with van der Waals surface area (Å²) in [5.74, 6) is 1.09. The van der Waals surface area contributed by atoms with Gasteiger partial charge in [-0.1, -0.05) is 24.3 Å². The molecule has 1 heterocycles. The Morgan fingerprint density at radius 3 is 1.86 bits per heavy atom. The Morgan fingerprint density at radius 1 is 0.793 bits per heavy atom. The van der Waals surface area contributed by atoms with Crippen molar-refractivity contribution >= 4 is 18.1 Å². The average molecular weight is 391 g/mol. The Kier molecular flexibility index (Phi) is 6.47. The molecule has 0 atom stereocenters. The molecule has 2 aromatic carbocycles. The topological polar surface area (TPSA) is 66.9 Å². The molecule has 6 nitrogen and oxygen atoms in total. The molecule has 0 unspecified atom stereocenters. The molecule has 3 aromatic rings. The first-order valence-corrected chi connectivity index (χ1v) is 8.85. The minimum Gasteiger partial charge on any atom is -0.493 e. The van der Waals surface area contributed by atoms with Gasteiger partial charge in [0.05, 0.1) is 26.9 Å². The highest BCUT2D eigenvalue weighted by molar-refractivity contribution is 5.92. The van der Waals surface area contributed by atoms with Gasteiger partial charge in [0.25, 0.3) is 0 Å². The van der Waals surface area contributed by atoms with E-state index in [-0.39, 0.29) is 0 Å². The van der Waals surface area contributed by atoms with Crippen LogP contribution in [0.4, 0.5) is 0 Å². The Hall–Kier alpha value is -3.80. The monoisotopic (exact) mass is 391 g/mol. The van der Waals surface area contributed by atoms with Crippen molar-refractivity contribution < 1.29 is 23.7 Å². The van der Waals surface area contributed by atoms with Crippen molar-refractivity contribution in [2.75, 3.05) is 21.3 Å². The van der Waals surface area contributed by atoms with Crippen molar-refractivity contribution in [2.24, 2.45) is 0 Å². The van der Waals surface area contributed by atoms with Gasteiger partial charge in [0.15, 0.2) is 11.5 Å². The fourth-order valence-corrected chi connectivity index (χ4v) is 2.68. The molecule has 0 N–H and O–H groups in total. The van der Waals surface area contributed by atoms with Crippen LogP contribution >= 0.6 is 0 Å². The first kappa shape index (κ1) is 19.9. The molecule has 3 rings (SSSR count). The normalized spacial score (nSPS) is 10.6. The molecule has 6 heteroatoms. The van der Waals surface area contributed by atoms with Gasteiger partial charge in [-0.15, -0.1) is 0 Å². The van der Waals surface area contributed by atoms with Crippen LogP contribution in [0.5, 0.6) is 23.0 Å². The summed E-state index contributed by atoms with van der Waals surface area (Å²) in [6.45, 7) is 0. The molecular weight excluding hydrogens is 370 g/mol. The minimum absolute atomic E-state index is 0.293. The van der Waals surface area contributed by atoms with Crippen LogP contribution < -0.4 is 18.9 Å². The Bertz CT molecular complexity index is 973. The third-order valence-corrected chi connectivity index (χ3v) is 4.17. The van der Waals surface area contributed by atoms with E-state index in [0.717, 1.165) is 11.1 Å². The number of rotatable bonds is 7. The van der Waals surface area contributed by atoms with E-state index in [1.54, 1.807) is 36.7 Å². The molecule has 0 fully saturated rings. The maximum absolute atomic E-state index is 12.6. The highest BCUT2D eigenvalue weighted by Gasteiger charge is 2.18. The number of aromatic nitrogens is 1. The molecule has 0 amide bonds. The van der Waals surface area contributed by atoms with Gasteiger partial charge >= 0.3 is 5.97 Å². The van der Waals surface area contributed by atoms with Crippen LogP contribution in [0.15, 0.2) is 60.9 Å². The Labute approximate surface area is 169 Å². The van der Waals surface area contributed by atoms with Crippen molar-refractivity contribution in [3.8, 4) is 23.0 Å². The van der Waals surface area contributed by atoms with Crippen LogP contribution in [-0.2, 0) is 0 Å². The van der Waals surface area contributed by atoms with Crippen molar-refractivity contribution in [1.82, 2.24) is 4.98 Å². The van der Waals surface area contributed by atoms with Gasteiger partial charge in [-0.2, -0.15) is 0 Å². The summed E-state index contributed by atoms with van der Waals surface area (Å²) in [5, 5.41) is 0. The highest BCUT2D eigenvalue weighted by Crippen LogP contribution is 2.38. The maximum Gasteiger partial charge on any atom is 0.343 e. The van der Waals surface area contributed by atoms with Crippen LogP contribution in [0, 0.1) is 0 Å². The van der Waals surface area contributed by atoms with Gasteiger partial charge < -0.3 is 18.9 Å². The molecule has 0 bridgehead atoms. The summed E-state index contributed by atoms with van der Waals surface area (Å²) < 4.78 is 21.3. The number of nitrogens with zero attached hydrogens (tertiary/aromatic N) is 1. The SMILES string of the molecule is COc1cc(C(=O)Oc2ccc(/C=C/c3ccncc3)cc2)cc(OC)c1OC. The van der Waals surface area contributed by atoms with E-state index >= 15 is 0 Å². The molecule has 0 aliphatic heterocycles. The molecular formula is C23H21NO5. The van der Waals surface area contributed by atoms with Gasteiger partial charge in [-0.3, -0.25) is 4.98 Å². The van der Waals surface area contributed by atoms with Crippen LogP contribution in [0.2, 0.25) is 0 Å². The number of ether oxygens (including phenoxy) is 4. The van der Waals surface area contributed by atoms with Crippen LogP contribution in [-0.4, -0.2) is 32.3 Å². The summed E-state index contributed by atoms with van der Waals surface area (Å²) in [4.78, 5) is 16.5. The van der Waals surface area contributed by atoms with E-state index < -0.39 is 5.97 Å². The third kappa shape index (κ3) is 4.93. The fourth-order valence-electron chi connectivity index (χ4n) is 2.68. The summed E-state index contributed by atoms with van der Waals surface area (Å²) in [6, 6.07) is 14.2. The summed E-state index contributed by atoms with van der Waals surface area (Å²) in [5.41, 5.74) is 2.33. The van der Waals surface area contributed by atoms with E-state index in [9.17, 15) is 4.79 Å². The molecule has 29 heavy (non-hydrogen) atoms. The van der Waals surface area contributed by atoms with Crippen molar-refractivity contribution in [2.45, 2.75) is 0 Å². The number of carbonyl (C=O) groups excluding carboxylic acids is 1. The molecule has 0 spiro atoms. The quantitative estimate of drug-likeness (QED) is 0.436. The zero-order valence-corrected chi connectivity index (χ0v) is 16.4. The van der Waals surface area contributed by atoms with Gasteiger partial charge in [-0.25, -0.2) is 4.79 Å². The smallest absolute Gasteiger partial charge is 0.343 e. The van der Waals surface area contributed by atoms with E-state index in [1.807, 2.05) is 36.4 Å². The standard InChI is InChI=1S/C23H21NO5/c1-26-20-14-18(15-21(27-2)22(20)28-3)23(25)29-19-8-6-16(7-9-19)4-5-17-10-12-24-13-11-17/h4-15H,1-3H3/b5-4+. The van der Waals surface area contributed by atoms with Gasteiger partial charge in [0, 0.05) is 12.4 Å². The lowest BCUT2D eigenvalue weighted by Crippen LogP contribution is -2.09. The second-order valence-electron chi connectivity index (χ2n) is 5.99. The molecule has 1 aromatic heterocycles. The number of methoxy groups -OCH3 is 3. The summed E-state index contributed by atoms with van der Waals surface area (Å²) >= 11 is 0. The first-order valence-electron chi connectivity index (χ1n) is 8.85. The molecule has 0 aliphatic rings. The lowest BCUT2D eigenvalue weighted by Gasteiger charge is -2.13. The van der Waals surface area contributed by atoms with Crippen molar-refractivity contribution in [1.29, 1.82) is 0 Å². The second kappa shape index (κ2) is 9.41. The van der Waals surface area contributed by atoms with E-state index in [0.29, 0.717) is 28.6 Å². The summed E-state index contributed by atoms with van der Waals surface area (Å²) in [7, 11) is 4.48. The predicted molar refractivity (Wildman–Crippen MR) is 111 cm³/mol. The van der Waals surface area contributed by atoms with E-state index in [2.05, 4.69) is 4.98 Å². The van der Waals surface area contributed by atoms with Crippen LogP contribution in [0.3, 0.4) is 0 Å². The van der Waals surface area contributed by atoms with Crippen molar-refractivity contribution in [3.05, 3.63) is 77.6 Å². The number of hydrogen-bond acceptors (Lipinski definition) is 6. The second-order valence-corrected chi connectivity index (χ2v) is 5.99. The molecule has 0 radical (unpaired) electrons. The van der Waals surface area contributed by atoms with Gasteiger partial charge in [0.1, 0.15) is 5.75 Å². The number of carbonyl (C=O) groups is 1. The number of hydrogen-bond donors (Lipinski definition) is 0. The van der Waals surface area contributed by atoms with Crippen LogP contribution in [0.1, 0.15) is 21.5 Å². The number of benzene rings is 2. The van der Waals surface area contributed by atoms with Crippen LogP contribution in [0.25, 0.3) is 12.2 Å². The molecule has 0 aliphatic carbocycles. The number of pyridine rings is 1. The maximum atomic E-state index is 12.6. The highest BCUT2D eigenvalue weighted by atomic mass is 16.5. The lowest BCUT2D eigenvalue weighted by atomic mass is 10.1. The minimum atomic E-state index is -0.524. The Balaban J connectivity index is 1.73. The lowest BCUT2D eigenvalue weighted by molar-refractivity contribution is 0.0734. The zero-order chi connectivity index (χ0) is 20.6. The molecule has 0 saturated carbocycles. The third-order valence-electron chi connectivity index (χ3n) is 4.17. The van der Waals surface area contributed by atoms with E-state index in [4.69, 9.17) is 18.9 Å². The largest absolute Gasteiger partial charge is 0.493 e.